The van der Waals surface area contributed by atoms with Crippen molar-refractivity contribution in [3.8, 4) is 0 Å². The third-order valence-corrected chi connectivity index (χ3v) is 6.61. The molecule has 0 saturated carbocycles. The van der Waals surface area contributed by atoms with Crippen LogP contribution in [0.1, 0.15) is 40.7 Å². The van der Waals surface area contributed by atoms with E-state index in [1.807, 2.05) is 12.2 Å². The summed E-state index contributed by atoms with van der Waals surface area (Å²) < 4.78 is 26.9. The number of amides is 2. The fourth-order valence-electron chi connectivity index (χ4n) is 4.56. The Bertz CT molecular complexity index is 1480. The number of rotatable bonds is 6. The Kier molecular flexibility index (Phi) is 7.47. The zero-order valence-corrected chi connectivity index (χ0v) is 21.1. The number of fused-ring (bicyclic) bond motifs is 1. The lowest BCUT2D eigenvalue weighted by Gasteiger charge is -2.28. The van der Waals surface area contributed by atoms with E-state index >= 15 is 0 Å². The highest BCUT2D eigenvalue weighted by Crippen LogP contribution is 2.40. The summed E-state index contributed by atoms with van der Waals surface area (Å²) in [7, 11) is 0. The van der Waals surface area contributed by atoms with Gasteiger partial charge in [0.05, 0.1) is 17.1 Å². The second-order valence-electron chi connectivity index (χ2n) is 8.95. The monoisotopic (exact) mass is 531 g/mol. The number of nitrogens with zero attached hydrogens (tertiary/aromatic N) is 2. The molecule has 192 valence electrons. The molecule has 0 fully saturated rings. The molecule has 0 spiro atoms. The van der Waals surface area contributed by atoms with Gasteiger partial charge in [-0.15, -0.1) is 11.6 Å². The molecule has 5 rings (SSSR count). The number of carbonyl (C=O) groups excluding carboxylic acids is 2. The first-order valence-electron chi connectivity index (χ1n) is 12.2. The lowest BCUT2D eigenvalue weighted by Crippen LogP contribution is -2.32. The van der Waals surface area contributed by atoms with Crippen molar-refractivity contribution in [2.75, 3.05) is 10.8 Å². The highest BCUT2D eigenvalue weighted by molar-refractivity contribution is 6.21. The summed E-state index contributed by atoms with van der Waals surface area (Å²) >= 11 is 5.94. The maximum absolute atomic E-state index is 13.7. The van der Waals surface area contributed by atoms with E-state index in [1.54, 1.807) is 47.4 Å². The van der Waals surface area contributed by atoms with E-state index < -0.39 is 0 Å². The molecular weight excluding hydrogens is 508 g/mol. The average Bonchev–Trinajstić information content (AvgIpc) is 3.07. The third-order valence-electron chi connectivity index (χ3n) is 6.42. The van der Waals surface area contributed by atoms with Crippen LogP contribution < -0.4 is 10.2 Å². The van der Waals surface area contributed by atoms with Crippen molar-refractivity contribution in [3.05, 3.63) is 118 Å². The van der Waals surface area contributed by atoms with Gasteiger partial charge >= 0.3 is 0 Å². The van der Waals surface area contributed by atoms with E-state index in [0.29, 0.717) is 34.6 Å². The van der Waals surface area contributed by atoms with E-state index in [0.717, 1.165) is 23.3 Å². The van der Waals surface area contributed by atoms with Crippen LogP contribution in [-0.4, -0.2) is 23.4 Å². The Hall–Kier alpha value is -4.10. The topological polar surface area (TPSA) is 61.8 Å². The molecular formula is C30H24ClF2N3O2. The van der Waals surface area contributed by atoms with Crippen LogP contribution in [0.4, 0.5) is 20.2 Å². The summed E-state index contributed by atoms with van der Waals surface area (Å²) in [5, 5.41) is 2.84. The predicted octanol–water partition coefficient (Wildman–Crippen LogP) is 6.60. The Morgan fingerprint density at radius 2 is 1.68 bits per heavy atom. The van der Waals surface area contributed by atoms with Gasteiger partial charge in [0.25, 0.3) is 5.91 Å². The van der Waals surface area contributed by atoms with E-state index in [2.05, 4.69) is 5.32 Å². The molecule has 0 bridgehead atoms. The fourth-order valence-corrected chi connectivity index (χ4v) is 4.72. The van der Waals surface area contributed by atoms with Gasteiger partial charge in [0.15, 0.2) is 0 Å². The van der Waals surface area contributed by atoms with Crippen LogP contribution in [-0.2, 0) is 11.3 Å². The molecule has 2 aliphatic rings. The molecule has 3 aromatic rings. The largest absolute Gasteiger partial charge is 0.348 e. The number of halogens is 3. The summed E-state index contributed by atoms with van der Waals surface area (Å²) in [6.07, 6.45) is 5.45. The minimum absolute atomic E-state index is 0.132. The number of nitrogens with one attached hydrogen (secondary N) is 1. The second kappa shape index (κ2) is 11.1. The molecule has 0 saturated heterocycles. The summed E-state index contributed by atoms with van der Waals surface area (Å²) in [4.78, 5) is 32.9. The van der Waals surface area contributed by atoms with Crippen molar-refractivity contribution in [1.82, 2.24) is 5.32 Å². The molecule has 38 heavy (non-hydrogen) atoms. The maximum Gasteiger partial charge on any atom is 0.251 e. The Labute approximate surface area is 224 Å². The summed E-state index contributed by atoms with van der Waals surface area (Å²) in [5.41, 5.74) is 4.93. The molecule has 1 aliphatic carbocycles. The van der Waals surface area contributed by atoms with E-state index in [9.17, 15) is 18.4 Å². The van der Waals surface area contributed by atoms with Gasteiger partial charge in [0.1, 0.15) is 11.6 Å². The number of aliphatic imine (C=N–C) groups is 1. The normalized spacial score (nSPS) is 14.4. The number of carbonyl (C=O) groups is 2. The Morgan fingerprint density at radius 1 is 0.974 bits per heavy atom. The van der Waals surface area contributed by atoms with Gasteiger partial charge in [-0.25, -0.2) is 13.8 Å². The van der Waals surface area contributed by atoms with Gasteiger partial charge < -0.3 is 5.32 Å². The average molecular weight is 532 g/mol. The third kappa shape index (κ3) is 5.29. The number of anilines is 1. The molecule has 2 amide bonds. The molecule has 3 aromatic carbocycles. The Balaban J connectivity index is 1.58. The lowest BCUT2D eigenvalue weighted by molar-refractivity contribution is -0.117. The van der Waals surface area contributed by atoms with Crippen molar-refractivity contribution in [3.63, 3.8) is 0 Å². The van der Waals surface area contributed by atoms with Crippen molar-refractivity contribution >= 4 is 40.5 Å². The van der Waals surface area contributed by atoms with Crippen molar-refractivity contribution in [2.24, 2.45) is 4.99 Å². The number of allylic oxidation sites excluding steroid dienone is 4. The number of alkyl halides is 1. The van der Waals surface area contributed by atoms with Gasteiger partial charge in [0, 0.05) is 41.2 Å². The van der Waals surface area contributed by atoms with E-state index in [1.165, 1.54) is 24.3 Å². The smallest absolute Gasteiger partial charge is 0.251 e. The van der Waals surface area contributed by atoms with Gasteiger partial charge in [-0.2, -0.15) is 0 Å². The summed E-state index contributed by atoms with van der Waals surface area (Å²) in [5.74, 6) is -1.06. The minimum Gasteiger partial charge on any atom is -0.348 e. The first-order chi connectivity index (χ1) is 18.4. The molecule has 0 aromatic heterocycles. The van der Waals surface area contributed by atoms with Crippen LogP contribution in [0.2, 0.25) is 0 Å². The second-order valence-corrected chi connectivity index (χ2v) is 9.33. The summed E-state index contributed by atoms with van der Waals surface area (Å²) in [6.45, 7) is 0.223. The van der Waals surface area contributed by atoms with Crippen LogP contribution in [0.3, 0.4) is 0 Å². The number of benzene rings is 3. The van der Waals surface area contributed by atoms with Crippen LogP contribution in [0, 0.1) is 11.6 Å². The van der Waals surface area contributed by atoms with Crippen molar-refractivity contribution in [2.45, 2.75) is 25.8 Å². The van der Waals surface area contributed by atoms with Crippen molar-refractivity contribution in [1.29, 1.82) is 0 Å². The van der Waals surface area contributed by atoms with Crippen LogP contribution in [0.15, 0.2) is 95.1 Å². The predicted molar refractivity (Wildman–Crippen MR) is 145 cm³/mol. The SMILES string of the molecule is O=C(NCc1ccc(F)cc1)c1ccc2c(c1)N=C(c1ccc(F)cc1)C1=C(CCC=C1)N2C(=O)CCCl. The Morgan fingerprint density at radius 3 is 2.39 bits per heavy atom. The molecule has 1 N–H and O–H groups in total. The zero-order chi connectivity index (χ0) is 26.6. The van der Waals surface area contributed by atoms with Crippen LogP contribution in [0.5, 0.6) is 0 Å². The number of hydrogen-bond donors (Lipinski definition) is 1. The highest BCUT2D eigenvalue weighted by Gasteiger charge is 2.30. The molecule has 1 aliphatic heterocycles. The van der Waals surface area contributed by atoms with Gasteiger partial charge in [-0.05, 0) is 73.0 Å². The molecule has 8 heteroatoms. The van der Waals surface area contributed by atoms with Crippen molar-refractivity contribution < 1.29 is 18.4 Å². The molecule has 0 atom stereocenters. The molecule has 0 radical (unpaired) electrons. The van der Waals surface area contributed by atoms with Gasteiger partial charge in [0.2, 0.25) is 5.91 Å². The van der Waals surface area contributed by atoms with Gasteiger partial charge in [-0.1, -0.05) is 24.3 Å². The number of hydrogen-bond acceptors (Lipinski definition) is 3. The minimum atomic E-state index is -0.365. The van der Waals surface area contributed by atoms with E-state index in [-0.39, 0.29) is 42.3 Å². The standard InChI is InChI=1S/C30H24ClF2N3O2/c31-16-15-28(37)36-26-4-2-1-3-24(26)29(20-7-12-23(33)13-8-20)35-25-17-21(9-14-27(25)36)30(38)34-18-19-5-10-22(32)11-6-19/h1,3,5-14,17H,2,4,15-16,18H2,(H,34,38). The quantitative estimate of drug-likeness (QED) is 0.364. The van der Waals surface area contributed by atoms with Gasteiger partial charge in [-0.3, -0.25) is 14.5 Å². The highest BCUT2D eigenvalue weighted by atomic mass is 35.5. The summed E-state index contributed by atoms with van der Waals surface area (Å²) in [6, 6.07) is 16.9. The van der Waals surface area contributed by atoms with Crippen LogP contribution >= 0.6 is 11.6 Å². The van der Waals surface area contributed by atoms with E-state index in [4.69, 9.17) is 16.6 Å². The maximum atomic E-state index is 13.7. The zero-order valence-electron chi connectivity index (χ0n) is 20.4. The fraction of sp³-hybridized carbons (Fsp3) is 0.167. The molecule has 1 heterocycles. The molecule has 0 unspecified atom stereocenters. The lowest BCUT2D eigenvalue weighted by atomic mass is 9.94. The first kappa shape index (κ1) is 25.5. The first-order valence-corrected chi connectivity index (χ1v) is 12.8. The molecule has 5 nitrogen and oxygen atoms in total. The van der Waals surface area contributed by atoms with Crippen LogP contribution in [0.25, 0.3) is 0 Å².